The molecule has 0 spiro atoms. The molecule has 1 aromatic heterocycles. The fourth-order valence-electron chi connectivity index (χ4n) is 3.08. The first-order valence-electron chi connectivity index (χ1n) is 9.31. The molecule has 0 radical (unpaired) electrons. The van der Waals surface area contributed by atoms with Gasteiger partial charge < -0.3 is 14.0 Å². The molecule has 7 nitrogen and oxygen atoms in total. The van der Waals surface area contributed by atoms with Crippen molar-refractivity contribution in [1.29, 1.82) is 5.26 Å². The normalized spacial score (nSPS) is 21.4. The van der Waals surface area contributed by atoms with Crippen molar-refractivity contribution in [2.24, 2.45) is 0 Å². The molecule has 2 atom stereocenters. The van der Waals surface area contributed by atoms with Crippen LogP contribution < -0.4 is 14.9 Å². The number of anilines is 1. The molecule has 2 unspecified atom stereocenters. The Morgan fingerprint density at radius 1 is 1.28 bits per heavy atom. The Morgan fingerprint density at radius 3 is 2.52 bits per heavy atom. The molecule has 1 aliphatic rings. The van der Waals surface area contributed by atoms with Gasteiger partial charge in [0.25, 0.3) is 0 Å². The highest BCUT2D eigenvalue weighted by molar-refractivity contribution is 7.86. The van der Waals surface area contributed by atoms with E-state index in [9.17, 15) is 4.21 Å². The summed E-state index contributed by atoms with van der Waals surface area (Å²) in [6.45, 7) is 8.11. The minimum absolute atomic E-state index is 0.311. The van der Waals surface area contributed by atoms with Crippen LogP contribution in [0.1, 0.15) is 39.7 Å². The van der Waals surface area contributed by atoms with Gasteiger partial charge in [-0.05, 0) is 57.5 Å². The molecule has 0 saturated carbocycles. The number of nitriles is 1. The molecule has 3 rings (SSSR count). The number of hydrogen-bond donors (Lipinski definition) is 1. The summed E-state index contributed by atoms with van der Waals surface area (Å²) >= 11 is 0. The number of nitrogens with one attached hydrogen (secondary N) is 1. The minimum Gasteiger partial charge on any atom is -0.480 e. The van der Waals surface area contributed by atoms with Crippen LogP contribution in [-0.4, -0.2) is 34.6 Å². The van der Waals surface area contributed by atoms with Crippen molar-refractivity contribution in [2.45, 2.75) is 50.2 Å². The van der Waals surface area contributed by atoms with Gasteiger partial charge in [0.15, 0.2) is 0 Å². The number of aromatic nitrogens is 1. The Kier molecular flexibility index (Phi) is 5.99. The van der Waals surface area contributed by atoms with Crippen LogP contribution in [0, 0.1) is 11.3 Å². The lowest BCUT2D eigenvalue weighted by Crippen LogP contribution is -2.44. The van der Waals surface area contributed by atoms with Crippen molar-refractivity contribution in [3.8, 4) is 11.9 Å². The van der Waals surface area contributed by atoms with Crippen LogP contribution in [0.4, 0.5) is 5.69 Å². The maximum atomic E-state index is 12.7. The summed E-state index contributed by atoms with van der Waals surface area (Å²) < 4.78 is 33.3. The standard InChI is InChI=1S/C20H24BN3O4S/c1-6-20(4)19(2,3)27-21(28-20)15-11-17(18(26-5)23-13-15)24-29(25)16-9-7-14(12-22)8-10-16/h7-11,13,24H,6H2,1-5H3. The van der Waals surface area contributed by atoms with Crippen LogP contribution in [0.15, 0.2) is 41.4 Å². The third kappa shape index (κ3) is 4.15. The first-order valence-corrected chi connectivity index (χ1v) is 10.5. The third-order valence-corrected chi connectivity index (χ3v) is 6.56. The van der Waals surface area contributed by atoms with Gasteiger partial charge in [0.05, 0.1) is 34.8 Å². The largest absolute Gasteiger partial charge is 0.496 e. The molecule has 152 valence electrons. The third-order valence-electron chi connectivity index (χ3n) is 5.46. The van der Waals surface area contributed by atoms with Crippen molar-refractivity contribution < 1.29 is 18.3 Å². The number of methoxy groups -OCH3 is 1. The van der Waals surface area contributed by atoms with Crippen molar-refractivity contribution in [3.63, 3.8) is 0 Å². The Morgan fingerprint density at radius 2 is 1.97 bits per heavy atom. The molecule has 9 heteroatoms. The van der Waals surface area contributed by atoms with Gasteiger partial charge in [-0.15, -0.1) is 0 Å². The van der Waals surface area contributed by atoms with Crippen LogP contribution in [0.3, 0.4) is 0 Å². The molecule has 2 aromatic rings. The maximum absolute atomic E-state index is 12.7. The number of rotatable bonds is 6. The summed E-state index contributed by atoms with van der Waals surface area (Å²) in [4.78, 5) is 4.85. The molecule has 2 heterocycles. The van der Waals surface area contributed by atoms with Gasteiger partial charge in [-0.2, -0.15) is 5.26 Å². The van der Waals surface area contributed by atoms with Gasteiger partial charge in [0, 0.05) is 11.7 Å². The summed E-state index contributed by atoms with van der Waals surface area (Å²) in [5.41, 5.74) is 0.768. The molecular weight excluding hydrogens is 389 g/mol. The summed E-state index contributed by atoms with van der Waals surface area (Å²) in [6, 6.07) is 10.3. The zero-order valence-corrected chi connectivity index (χ0v) is 18.0. The molecule has 1 N–H and O–H groups in total. The number of benzene rings is 1. The highest BCUT2D eigenvalue weighted by atomic mass is 32.2. The molecule has 1 aromatic carbocycles. The van der Waals surface area contributed by atoms with Gasteiger partial charge in [0.2, 0.25) is 5.88 Å². The van der Waals surface area contributed by atoms with E-state index in [0.29, 0.717) is 27.5 Å². The Hall–Kier alpha value is -2.41. The molecule has 1 fully saturated rings. The lowest BCUT2D eigenvalue weighted by Gasteiger charge is -2.35. The minimum atomic E-state index is -1.56. The summed E-state index contributed by atoms with van der Waals surface area (Å²) in [6.07, 6.45) is 2.44. The van der Waals surface area contributed by atoms with Gasteiger partial charge in [-0.1, -0.05) is 6.92 Å². The first kappa shape index (κ1) is 21.3. The molecule has 29 heavy (non-hydrogen) atoms. The van der Waals surface area contributed by atoms with E-state index >= 15 is 0 Å². The van der Waals surface area contributed by atoms with Crippen molar-refractivity contribution >= 4 is 29.3 Å². The average Bonchev–Trinajstić information content (AvgIpc) is 2.97. The molecule has 1 saturated heterocycles. The monoisotopic (exact) mass is 413 g/mol. The number of pyridine rings is 1. The Labute approximate surface area is 174 Å². The van der Waals surface area contributed by atoms with E-state index in [4.69, 9.17) is 19.3 Å². The molecule has 0 bridgehead atoms. The summed E-state index contributed by atoms with van der Waals surface area (Å²) in [7, 11) is -0.648. The van der Waals surface area contributed by atoms with Gasteiger partial charge >= 0.3 is 7.12 Å². The van der Waals surface area contributed by atoms with Gasteiger partial charge in [-0.3, -0.25) is 4.72 Å². The zero-order chi connectivity index (χ0) is 21.2. The second kappa shape index (κ2) is 8.15. The smallest absolute Gasteiger partial charge is 0.480 e. The zero-order valence-electron chi connectivity index (χ0n) is 17.2. The molecule has 0 amide bonds. The van der Waals surface area contributed by atoms with E-state index in [1.165, 1.54) is 7.11 Å². The van der Waals surface area contributed by atoms with E-state index in [0.717, 1.165) is 6.42 Å². The fraction of sp³-hybridized carbons (Fsp3) is 0.400. The van der Waals surface area contributed by atoms with Crippen LogP contribution in [0.2, 0.25) is 0 Å². The molecular formula is C20H24BN3O4S. The quantitative estimate of drug-likeness (QED) is 0.732. The van der Waals surface area contributed by atoms with Crippen LogP contribution in [0.5, 0.6) is 5.88 Å². The van der Waals surface area contributed by atoms with Crippen molar-refractivity contribution in [2.75, 3.05) is 11.8 Å². The van der Waals surface area contributed by atoms with Crippen LogP contribution in [0.25, 0.3) is 0 Å². The molecule has 0 aliphatic carbocycles. The predicted molar refractivity (Wildman–Crippen MR) is 112 cm³/mol. The first-order chi connectivity index (χ1) is 13.7. The highest BCUT2D eigenvalue weighted by Crippen LogP contribution is 2.39. The topological polar surface area (TPSA) is 93.5 Å². The fourth-order valence-corrected chi connectivity index (χ4v) is 3.93. The van der Waals surface area contributed by atoms with Crippen LogP contribution >= 0.6 is 0 Å². The lowest BCUT2D eigenvalue weighted by atomic mass is 9.80. The van der Waals surface area contributed by atoms with Gasteiger partial charge in [-0.25, -0.2) is 9.19 Å². The number of nitrogens with zero attached hydrogens (tertiary/aromatic N) is 2. The second-order valence-corrected chi connectivity index (χ2v) is 8.71. The highest BCUT2D eigenvalue weighted by Gasteiger charge is 2.53. The van der Waals surface area contributed by atoms with Crippen molar-refractivity contribution in [3.05, 3.63) is 42.1 Å². The van der Waals surface area contributed by atoms with Crippen LogP contribution in [-0.2, 0) is 20.3 Å². The maximum Gasteiger partial charge on any atom is 0.496 e. The predicted octanol–water partition coefficient (Wildman–Crippen LogP) is 2.79. The van der Waals surface area contributed by atoms with E-state index in [2.05, 4.69) is 16.6 Å². The number of ether oxygens (including phenoxy) is 1. The number of hydrogen-bond acceptors (Lipinski definition) is 6. The summed E-state index contributed by atoms with van der Waals surface area (Å²) in [5.74, 6) is 0.311. The lowest BCUT2D eigenvalue weighted by molar-refractivity contribution is -0.0118. The SMILES string of the molecule is CCC1(C)OB(c2cnc(OC)c(NS(=O)c3ccc(C#N)cc3)c2)OC1(C)C. The van der Waals surface area contributed by atoms with E-state index in [1.807, 2.05) is 26.8 Å². The summed E-state index contributed by atoms with van der Waals surface area (Å²) in [5, 5.41) is 8.91. The molecule has 1 aliphatic heterocycles. The Balaban J connectivity index is 1.86. The van der Waals surface area contributed by atoms with E-state index in [1.54, 1.807) is 36.5 Å². The Bertz CT molecular complexity index is 961. The van der Waals surface area contributed by atoms with Gasteiger partial charge in [0.1, 0.15) is 16.7 Å². The van der Waals surface area contributed by atoms with E-state index in [-0.39, 0.29) is 0 Å². The van der Waals surface area contributed by atoms with Crippen molar-refractivity contribution in [1.82, 2.24) is 4.98 Å². The second-order valence-electron chi connectivity index (χ2n) is 7.49. The van der Waals surface area contributed by atoms with E-state index < -0.39 is 29.3 Å². The average molecular weight is 413 g/mol.